The lowest BCUT2D eigenvalue weighted by atomic mass is 10.0. The van der Waals surface area contributed by atoms with E-state index in [1.54, 1.807) is 13.3 Å². The summed E-state index contributed by atoms with van der Waals surface area (Å²) >= 11 is 6.51. The predicted molar refractivity (Wildman–Crippen MR) is 165 cm³/mol. The van der Waals surface area contributed by atoms with Crippen molar-refractivity contribution in [1.82, 2.24) is 25.8 Å². The Balaban J connectivity index is 1.03. The van der Waals surface area contributed by atoms with Gasteiger partial charge in [0.2, 0.25) is 11.8 Å². The number of fused-ring (bicyclic) bond motifs is 1. The van der Waals surface area contributed by atoms with Crippen LogP contribution < -0.4 is 20.7 Å². The third-order valence-corrected chi connectivity index (χ3v) is 7.12. The standard InChI is InChI=1S/C32H33ClN6O2/c1-41-32-19-24(10-15-37-32)25-17-29(27-21-38-39-30(27)18-25)35-12-5-13-36-31(40)11-14-34-20-22-8-9-26(28(33)16-22)23-6-3-2-4-7-23/h2-4,6-10,15-19,21,34-35H,5,11-14,20H2,1H3,(H,36,40)(H,38,39). The SMILES string of the molecule is COc1cc(-c2cc(NCCCNC(=O)CCNCc3ccc(-c4ccccc4)c(Cl)c3)c3cn[nH]c3c2)ccn1. The van der Waals surface area contributed by atoms with Gasteiger partial charge in [0.1, 0.15) is 0 Å². The number of methoxy groups -OCH3 is 1. The number of nitrogens with one attached hydrogen (secondary N) is 4. The first-order chi connectivity index (χ1) is 20.1. The third-order valence-electron chi connectivity index (χ3n) is 6.80. The Morgan fingerprint density at radius 2 is 1.83 bits per heavy atom. The lowest BCUT2D eigenvalue weighted by Gasteiger charge is -2.12. The molecule has 0 fully saturated rings. The zero-order chi connectivity index (χ0) is 28.4. The molecule has 8 nitrogen and oxygen atoms in total. The number of rotatable bonds is 13. The Bertz CT molecular complexity index is 1600. The van der Waals surface area contributed by atoms with Gasteiger partial charge >= 0.3 is 0 Å². The van der Waals surface area contributed by atoms with Gasteiger partial charge in [0.15, 0.2) is 0 Å². The molecule has 0 aliphatic rings. The van der Waals surface area contributed by atoms with Gasteiger partial charge in [-0.15, -0.1) is 0 Å². The quantitative estimate of drug-likeness (QED) is 0.129. The molecule has 2 aromatic heterocycles. The fourth-order valence-electron chi connectivity index (χ4n) is 4.65. The van der Waals surface area contributed by atoms with E-state index in [0.717, 1.165) is 55.9 Å². The number of aromatic nitrogens is 3. The maximum Gasteiger partial charge on any atom is 0.221 e. The zero-order valence-electron chi connectivity index (χ0n) is 22.9. The number of hydrogen-bond donors (Lipinski definition) is 4. The highest BCUT2D eigenvalue weighted by atomic mass is 35.5. The number of halogens is 1. The van der Waals surface area contributed by atoms with Gasteiger partial charge in [-0.05, 0) is 52.9 Å². The Hall–Kier alpha value is -4.40. The van der Waals surface area contributed by atoms with Crippen molar-refractivity contribution in [2.75, 3.05) is 32.1 Å². The molecule has 0 bridgehead atoms. The summed E-state index contributed by atoms with van der Waals surface area (Å²) < 4.78 is 5.27. The number of nitrogens with zero attached hydrogens (tertiary/aromatic N) is 2. The van der Waals surface area contributed by atoms with Crippen LogP contribution in [0.15, 0.2) is 85.2 Å². The predicted octanol–water partition coefficient (Wildman–Crippen LogP) is 6.05. The van der Waals surface area contributed by atoms with Crippen LogP contribution in [-0.2, 0) is 11.3 Å². The number of H-pyrrole nitrogens is 1. The number of aromatic amines is 1. The van der Waals surface area contributed by atoms with Gasteiger partial charge in [0, 0.05) is 66.5 Å². The van der Waals surface area contributed by atoms with Crippen molar-refractivity contribution in [3.05, 3.63) is 95.8 Å². The Kier molecular flexibility index (Phi) is 9.46. The summed E-state index contributed by atoms with van der Waals surface area (Å²) in [5.41, 5.74) is 7.15. The normalized spacial score (nSPS) is 11.0. The smallest absolute Gasteiger partial charge is 0.221 e. The number of amides is 1. The van der Waals surface area contributed by atoms with Crippen molar-refractivity contribution in [2.24, 2.45) is 0 Å². The lowest BCUT2D eigenvalue weighted by molar-refractivity contribution is -0.120. The van der Waals surface area contributed by atoms with E-state index in [1.165, 1.54) is 0 Å². The van der Waals surface area contributed by atoms with Crippen LogP contribution in [0.3, 0.4) is 0 Å². The zero-order valence-corrected chi connectivity index (χ0v) is 23.7. The summed E-state index contributed by atoms with van der Waals surface area (Å²) in [4.78, 5) is 16.5. The molecule has 0 atom stereocenters. The van der Waals surface area contributed by atoms with E-state index < -0.39 is 0 Å². The maximum absolute atomic E-state index is 12.3. The van der Waals surface area contributed by atoms with E-state index in [4.69, 9.17) is 16.3 Å². The molecule has 0 saturated carbocycles. The maximum atomic E-state index is 12.3. The average molecular weight is 569 g/mol. The van der Waals surface area contributed by atoms with Gasteiger partial charge in [0.25, 0.3) is 0 Å². The number of anilines is 1. The molecule has 5 rings (SSSR count). The van der Waals surface area contributed by atoms with Gasteiger partial charge < -0.3 is 20.7 Å². The molecule has 210 valence electrons. The lowest BCUT2D eigenvalue weighted by Crippen LogP contribution is -2.29. The average Bonchev–Trinajstić information content (AvgIpc) is 3.49. The van der Waals surface area contributed by atoms with Crippen molar-refractivity contribution >= 4 is 34.1 Å². The Labute approximate surface area is 244 Å². The highest BCUT2D eigenvalue weighted by Gasteiger charge is 2.09. The molecule has 0 spiro atoms. The number of ether oxygens (including phenoxy) is 1. The molecule has 0 unspecified atom stereocenters. The van der Waals surface area contributed by atoms with Gasteiger partial charge in [-0.2, -0.15) is 5.10 Å². The second kappa shape index (κ2) is 13.8. The molecule has 3 aromatic carbocycles. The van der Waals surface area contributed by atoms with Crippen molar-refractivity contribution in [2.45, 2.75) is 19.4 Å². The minimum Gasteiger partial charge on any atom is -0.481 e. The monoisotopic (exact) mass is 568 g/mol. The summed E-state index contributed by atoms with van der Waals surface area (Å²) in [6, 6.07) is 24.2. The van der Waals surface area contributed by atoms with E-state index >= 15 is 0 Å². The molecule has 5 aromatic rings. The van der Waals surface area contributed by atoms with Crippen molar-refractivity contribution in [3.63, 3.8) is 0 Å². The van der Waals surface area contributed by atoms with Crippen molar-refractivity contribution in [3.8, 4) is 28.1 Å². The topological polar surface area (TPSA) is 104 Å². The van der Waals surface area contributed by atoms with Gasteiger partial charge in [-0.25, -0.2) is 4.98 Å². The summed E-state index contributed by atoms with van der Waals surface area (Å²) in [7, 11) is 1.61. The molecule has 0 saturated heterocycles. The fraction of sp³-hybridized carbons (Fsp3) is 0.219. The molecule has 0 radical (unpaired) electrons. The van der Waals surface area contributed by atoms with Crippen LogP contribution in [0.25, 0.3) is 33.2 Å². The van der Waals surface area contributed by atoms with Gasteiger partial charge in [0.05, 0.1) is 18.8 Å². The van der Waals surface area contributed by atoms with Crippen molar-refractivity contribution < 1.29 is 9.53 Å². The van der Waals surface area contributed by atoms with Crippen LogP contribution in [-0.4, -0.2) is 47.8 Å². The fourth-order valence-corrected chi connectivity index (χ4v) is 4.96. The molecule has 2 heterocycles. The van der Waals surface area contributed by atoms with Crippen LogP contribution >= 0.6 is 11.6 Å². The summed E-state index contributed by atoms with van der Waals surface area (Å²) in [5, 5.41) is 18.8. The molecular weight excluding hydrogens is 536 g/mol. The number of carbonyl (C=O) groups excluding carboxylic acids is 1. The highest BCUT2D eigenvalue weighted by Crippen LogP contribution is 2.31. The van der Waals surface area contributed by atoms with Crippen molar-refractivity contribution in [1.29, 1.82) is 0 Å². The van der Waals surface area contributed by atoms with Gasteiger partial charge in [-0.3, -0.25) is 9.89 Å². The van der Waals surface area contributed by atoms with E-state index in [-0.39, 0.29) is 5.91 Å². The van der Waals surface area contributed by atoms with E-state index in [0.29, 0.717) is 38.5 Å². The second-order valence-corrected chi connectivity index (χ2v) is 10.1. The van der Waals surface area contributed by atoms with Crippen LogP contribution in [0, 0.1) is 0 Å². The summed E-state index contributed by atoms with van der Waals surface area (Å²) in [6.07, 6.45) is 4.75. The minimum atomic E-state index is 0.0285. The number of hydrogen-bond acceptors (Lipinski definition) is 6. The molecule has 1 amide bonds. The third kappa shape index (κ3) is 7.42. The molecule has 41 heavy (non-hydrogen) atoms. The number of pyridine rings is 1. The molecule has 4 N–H and O–H groups in total. The molecular formula is C32H33ClN6O2. The molecule has 9 heteroatoms. The Morgan fingerprint density at radius 3 is 2.66 bits per heavy atom. The first-order valence-electron chi connectivity index (χ1n) is 13.6. The summed E-state index contributed by atoms with van der Waals surface area (Å²) in [6.45, 7) is 2.55. The first-order valence-corrected chi connectivity index (χ1v) is 14.0. The van der Waals surface area contributed by atoms with Gasteiger partial charge in [-0.1, -0.05) is 54.1 Å². The largest absolute Gasteiger partial charge is 0.481 e. The molecule has 0 aliphatic heterocycles. The van der Waals surface area contributed by atoms with Crippen LogP contribution in [0.2, 0.25) is 5.02 Å². The van der Waals surface area contributed by atoms with E-state index in [1.807, 2.05) is 60.8 Å². The van der Waals surface area contributed by atoms with Crippen LogP contribution in [0.4, 0.5) is 5.69 Å². The Morgan fingerprint density at radius 1 is 0.951 bits per heavy atom. The molecule has 0 aliphatic carbocycles. The van der Waals surface area contributed by atoms with E-state index in [2.05, 4.69) is 49.3 Å². The minimum absolute atomic E-state index is 0.0285. The highest BCUT2D eigenvalue weighted by molar-refractivity contribution is 6.33. The van der Waals surface area contributed by atoms with Crippen LogP contribution in [0.5, 0.6) is 5.88 Å². The number of carbonyl (C=O) groups is 1. The number of benzene rings is 3. The second-order valence-electron chi connectivity index (χ2n) is 9.68. The first kappa shape index (κ1) is 28.1. The summed E-state index contributed by atoms with van der Waals surface area (Å²) in [5.74, 6) is 0.593. The van der Waals surface area contributed by atoms with Crippen LogP contribution in [0.1, 0.15) is 18.4 Å². The van der Waals surface area contributed by atoms with E-state index in [9.17, 15) is 4.79 Å².